The fourth-order valence-electron chi connectivity index (χ4n) is 4.52. The molecule has 0 aliphatic heterocycles. The molecule has 0 atom stereocenters. The van der Waals surface area contributed by atoms with Crippen LogP contribution in [-0.4, -0.2) is 10.2 Å². The molecule has 2 aromatic heterocycles. The van der Waals surface area contributed by atoms with Gasteiger partial charge in [0.15, 0.2) is 0 Å². The van der Waals surface area contributed by atoms with Crippen molar-refractivity contribution in [1.29, 1.82) is 0 Å². The third-order valence-corrected chi connectivity index (χ3v) is 7.24. The lowest BCUT2D eigenvalue weighted by Crippen LogP contribution is -2.09. The lowest BCUT2D eigenvalue weighted by Gasteiger charge is -2.17. The average Bonchev–Trinajstić information content (AvgIpc) is 3.25. The molecular formula is C28H17F3N2S. The number of halogens is 3. The molecule has 6 aromatic rings. The molecule has 166 valence electrons. The molecule has 0 aliphatic rings. The average molecular weight is 471 g/mol. The van der Waals surface area contributed by atoms with Crippen LogP contribution in [0.3, 0.4) is 0 Å². The van der Waals surface area contributed by atoms with E-state index in [9.17, 15) is 13.2 Å². The van der Waals surface area contributed by atoms with Crippen LogP contribution in [0.1, 0.15) is 11.1 Å². The molecule has 0 N–H and O–H groups in total. The first kappa shape index (κ1) is 20.8. The van der Waals surface area contributed by atoms with Gasteiger partial charge >= 0.3 is 6.18 Å². The zero-order chi connectivity index (χ0) is 23.4. The molecule has 34 heavy (non-hydrogen) atoms. The number of rotatable bonds is 2. The number of aryl methyl sites for hydroxylation is 1. The van der Waals surface area contributed by atoms with Crippen molar-refractivity contribution < 1.29 is 13.2 Å². The maximum absolute atomic E-state index is 14.0. The van der Waals surface area contributed by atoms with Gasteiger partial charge in [-0.05, 0) is 59.0 Å². The van der Waals surface area contributed by atoms with Gasteiger partial charge < -0.3 is 0 Å². The monoisotopic (exact) mass is 470 g/mol. The van der Waals surface area contributed by atoms with E-state index in [1.807, 2.05) is 60.7 Å². The summed E-state index contributed by atoms with van der Waals surface area (Å²) in [7, 11) is 0. The van der Waals surface area contributed by atoms with E-state index in [0.29, 0.717) is 16.6 Å². The molecular weight excluding hydrogens is 453 g/mol. The van der Waals surface area contributed by atoms with E-state index in [1.165, 1.54) is 6.07 Å². The first-order chi connectivity index (χ1) is 16.4. The molecule has 0 bridgehead atoms. The predicted octanol–water partition coefficient (Wildman–Crippen LogP) is 8.66. The fraction of sp³-hybridized carbons (Fsp3) is 0.0714. The second-order valence-corrected chi connectivity index (χ2v) is 9.37. The van der Waals surface area contributed by atoms with Gasteiger partial charge in [0, 0.05) is 21.0 Å². The highest BCUT2D eigenvalue weighted by Gasteiger charge is 2.35. The zero-order valence-corrected chi connectivity index (χ0v) is 18.8. The predicted molar refractivity (Wildman–Crippen MR) is 133 cm³/mol. The van der Waals surface area contributed by atoms with E-state index in [2.05, 4.69) is 16.3 Å². The van der Waals surface area contributed by atoms with Crippen LogP contribution in [0.15, 0.2) is 84.9 Å². The minimum Gasteiger partial charge on any atom is -0.166 e. The Balaban J connectivity index is 1.72. The molecule has 4 aromatic carbocycles. The van der Waals surface area contributed by atoms with Gasteiger partial charge in [-0.25, -0.2) is 0 Å². The van der Waals surface area contributed by atoms with Gasteiger partial charge in [0.1, 0.15) is 11.4 Å². The van der Waals surface area contributed by atoms with Crippen molar-refractivity contribution in [3.63, 3.8) is 0 Å². The SMILES string of the molecule is Cc1cccc(C(F)(F)F)c1-c1nnc(-c2cc3ccccc3s2)c2cc3ccccc3cc12. The van der Waals surface area contributed by atoms with Crippen molar-refractivity contribution in [3.05, 3.63) is 96.1 Å². The Bertz CT molecular complexity index is 1680. The quantitative estimate of drug-likeness (QED) is 0.237. The van der Waals surface area contributed by atoms with Gasteiger partial charge in [0.25, 0.3) is 0 Å². The second-order valence-electron chi connectivity index (χ2n) is 8.29. The molecule has 2 heterocycles. The Morgan fingerprint density at radius 1 is 0.676 bits per heavy atom. The molecule has 0 fully saturated rings. The summed E-state index contributed by atoms with van der Waals surface area (Å²) in [5.74, 6) is 0. The molecule has 0 radical (unpaired) electrons. The summed E-state index contributed by atoms with van der Waals surface area (Å²) in [5, 5.41) is 13.4. The standard InChI is InChI=1S/C28H17F3N2S/c1-16-7-6-11-22(28(29,30)31)25(16)27-21-14-18-9-3-2-8-17(18)13-20(21)26(32-33-27)24-15-19-10-4-5-12-23(19)34-24/h2-15H,1H3. The molecule has 0 unspecified atom stereocenters. The van der Waals surface area contributed by atoms with Crippen LogP contribution >= 0.6 is 11.3 Å². The summed E-state index contributed by atoms with van der Waals surface area (Å²) in [5.41, 5.74) is 0.800. The van der Waals surface area contributed by atoms with Crippen molar-refractivity contribution >= 4 is 43.0 Å². The number of hydrogen-bond donors (Lipinski definition) is 0. The van der Waals surface area contributed by atoms with Gasteiger partial charge in [-0.2, -0.15) is 13.2 Å². The Morgan fingerprint density at radius 3 is 1.97 bits per heavy atom. The number of hydrogen-bond acceptors (Lipinski definition) is 3. The maximum atomic E-state index is 14.0. The molecule has 0 saturated heterocycles. The van der Waals surface area contributed by atoms with Crippen LogP contribution in [0.25, 0.3) is 53.5 Å². The van der Waals surface area contributed by atoms with Gasteiger partial charge in [0.05, 0.1) is 10.4 Å². The van der Waals surface area contributed by atoms with Gasteiger partial charge in [-0.1, -0.05) is 54.6 Å². The Kier molecular flexibility index (Phi) is 4.67. The van der Waals surface area contributed by atoms with Crippen LogP contribution in [0, 0.1) is 6.92 Å². The minimum atomic E-state index is -4.50. The minimum absolute atomic E-state index is 0.0747. The number of thiophene rings is 1. The van der Waals surface area contributed by atoms with Crippen molar-refractivity contribution in [2.45, 2.75) is 13.1 Å². The molecule has 0 aliphatic carbocycles. The van der Waals surface area contributed by atoms with Crippen LogP contribution < -0.4 is 0 Å². The van der Waals surface area contributed by atoms with Gasteiger partial charge in [-0.15, -0.1) is 21.5 Å². The Labute approximate surface area is 197 Å². The highest BCUT2D eigenvalue weighted by atomic mass is 32.1. The topological polar surface area (TPSA) is 25.8 Å². The summed E-state index contributed by atoms with van der Waals surface area (Å²) in [4.78, 5) is 0.932. The van der Waals surface area contributed by atoms with Gasteiger partial charge in [0.2, 0.25) is 0 Å². The number of nitrogens with zero attached hydrogens (tertiary/aromatic N) is 2. The van der Waals surface area contributed by atoms with E-state index in [0.717, 1.165) is 37.2 Å². The van der Waals surface area contributed by atoms with Crippen molar-refractivity contribution in [3.8, 4) is 21.8 Å². The molecule has 0 spiro atoms. The summed E-state index contributed by atoms with van der Waals surface area (Å²) in [6, 6.07) is 26.1. The molecule has 0 amide bonds. The van der Waals surface area contributed by atoms with E-state index in [4.69, 9.17) is 0 Å². The third-order valence-electron chi connectivity index (χ3n) is 6.12. The second kappa shape index (κ2) is 7.64. The first-order valence-electron chi connectivity index (χ1n) is 10.8. The fourth-order valence-corrected chi connectivity index (χ4v) is 5.59. The smallest absolute Gasteiger partial charge is 0.166 e. The van der Waals surface area contributed by atoms with Crippen molar-refractivity contribution in [1.82, 2.24) is 10.2 Å². The molecule has 6 rings (SSSR count). The van der Waals surface area contributed by atoms with Crippen LogP contribution in [0.4, 0.5) is 13.2 Å². The van der Waals surface area contributed by atoms with Gasteiger partial charge in [-0.3, -0.25) is 0 Å². The number of alkyl halides is 3. The number of fused-ring (bicyclic) bond motifs is 3. The van der Waals surface area contributed by atoms with E-state index in [-0.39, 0.29) is 11.3 Å². The Hall–Kier alpha value is -3.77. The van der Waals surface area contributed by atoms with E-state index < -0.39 is 11.7 Å². The number of aromatic nitrogens is 2. The highest BCUT2D eigenvalue weighted by Crippen LogP contribution is 2.43. The largest absolute Gasteiger partial charge is 0.417 e. The maximum Gasteiger partial charge on any atom is 0.417 e. The molecule has 0 saturated carbocycles. The third kappa shape index (κ3) is 3.33. The highest BCUT2D eigenvalue weighted by molar-refractivity contribution is 7.22. The van der Waals surface area contributed by atoms with Crippen LogP contribution in [-0.2, 0) is 6.18 Å². The summed E-state index contributed by atoms with van der Waals surface area (Å²) in [6.45, 7) is 1.68. The first-order valence-corrected chi connectivity index (χ1v) is 11.6. The van der Waals surface area contributed by atoms with Crippen LogP contribution in [0.5, 0.6) is 0 Å². The Morgan fingerprint density at radius 2 is 1.29 bits per heavy atom. The number of benzene rings is 4. The van der Waals surface area contributed by atoms with Crippen molar-refractivity contribution in [2.24, 2.45) is 0 Å². The van der Waals surface area contributed by atoms with E-state index >= 15 is 0 Å². The summed E-state index contributed by atoms with van der Waals surface area (Å²) < 4.78 is 43.1. The summed E-state index contributed by atoms with van der Waals surface area (Å²) in [6.07, 6.45) is -4.50. The molecule has 2 nitrogen and oxygen atoms in total. The zero-order valence-electron chi connectivity index (χ0n) is 18.0. The normalized spacial score (nSPS) is 12.1. The summed E-state index contributed by atoms with van der Waals surface area (Å²) >= 11 is 1.60. The van der Waals surface area contributed by atoms with Crippen LogP contribution in [0.2, 0.25) is 0 Å². The van der Waals surface area contributed by atoms with Crippen molar-refractivity contribution in [2.75, 3.05) is 0 Å². The lowest BCUT2D eigenvalue weighted by atomic mass is 9.93. The van der Waals surface area contributed by atoms with E-state index in [1.54, 1.807) is 24.3 Å². The lowest BCUT2D eigenvalue weighted by molar-refractivity contribution is -0.137. The molecule has 6 heteroatoms.